The van der Waals surface area contributed by atoms with E-state index >= 15 is 0 Å². The fourth-order valence-corrected chi connectivity index (χ4v) is 6.11. The van der Waals surface area contributed by atoms with Crippen molar-refractivity contribution in [3.63, 3.8) is 0 Å². The number of rotatable bonds is 8. The molecule has 0 fully saturated rings. The van der Waals surface area contributed by atoms with Gasteiger partial charge in [0, 0.05) is 33.4 Å². The van der Waals surface area contributed by atoms with Crippen LogP contribution in [0, 0.1) is 18.3 Å². The average molecular weight is 493 g/mol. The van der Waals surface area contributed by atoms with Crippen molar-refractivity contribution in [3.8, 4) is 28.5 Å². The predicted octanol–water partition coefficient (Wildman–Crippen LogP) is 8.29. The molecule has 0 N–H and O–H groups in total. The number of carbonyl (C=O) groups excluding carboxylic acids is 1. The van der Waals surface area contributed by atoms with Crippen LogP contribution in [0.1, 0.15) is 28.8 Å². The maximum Gasteiger partial charge on any atom is 0.120 e. The molecule has 0 spiro atoms. The van der Waals surface area contributed by atoms with Crippen LogP contribution in [0.25, 0.3) is 33.3 Å². The second-order valence-electron chi connectivity index (χ2n) is 8.47. The van der Waals surface area contributed by atoms with Gasteiger partial charge in [0.05, 0.1) is 11.2 Å². The topological polar surface area (TPSA) is 45.8 Å². The van der Waals surface area contributed by atoms with Crippen LogP contribution in [0.5, 0.6) is 0 Å². The molecule has 0 aliphatic rings. The molecule has 0 aliphatic carbocycles. The highest BCUT2D eigenvalue weighted by molar-refractivity contribution is 7.98. The van der Waals surface area contributed by atoms with Crippen molar-refractivity contribution in [1.29, 1.82) is 5.26 Å². The number of aryl methyl sites for hydroxylation is 2. The fraction of sp³-hybridized carbons (Fsp3) is 0.133. The van der Waals surface area contributed by atoms with Crippen molar-refractivity contribution in [2.45, 2.75) is 31.1 Å². The molecule has 0 unspecified atom stereocenters. The molecule has 0 amide bonds. The number of hydrogen-bond donors (Lipinski definition) is 0. The Morgan fingerprint density at radius 1 is 1.03 bits per heavy atom. The van der Waals surface area contributed by atoms with E-state index in [-0.39, 0.29) is 0 Å². The number of aromatic nitrogens is 1. The van der Waals surface area contributed by atoms with Gasteiger partial charge in [0.1, 0.15) is 17.2 Å². The summed E-state index contributed by atoms with van der Waals surface area (Å²) in [5.41, 5.74) is 7.80. The van der Waals surface area contributed by atoms with Crippen LogP contribution in [0.4, 0.5) is 0 Å². The number of thiophene rings is 1. The summed E-state index contributed by atoms with van der Waals surface area (Å²) in [6.45, 7) is 2.10. The van der Waals surface area contributed by atoms with Crippen molar-refractivity contribution in [3.05, 3.63) is 100 Å². The van der Waals surface area contributed by atoms with Crippen LogP contribution in [-0.2, 0) is 11.2 Å². The number of unbranched alkanes of at least 4 members (excludes halogenated alkanes) is 1. The van der Waals surface area contributed by atoms with Gasteiger partial charge < -0.3 is 4.79 Å². The van der Waals surface area contributed by atoms with Gasteiger partial charge in [-0.05, 0) is 73.0 Å². The first kappa shape index (κ1) is 23.2. The number of fused-ring (bicyclic) bond motifs is 1. The van der Waals surface area contributed by atoms with Gasteiger partial charge in [-0.3, -0.25) is 3.97 Å². The SMILES string of the molecule is Cc1ccc(Sn2c(-c3cccc(CCCC=O)c3)c(-c3ccsc3C#N)c3ccccc32)cc1. The molecular formula is C30H24N2OS2. The molecule has 2 heterocycles. The fourth-order valence-electron chi connectivity index (χ4n) is 4.40. The molecule has 0 bridgehead atoms. The Bertz CT molecular complexity index is 1540. The number of para-hydroxylation sites is 1. The van der Waals surface area contributed by atoms with Gasteiger partial charge in [0.25, 0.3) is 0 Å². The number of carbonyl (C=O) groups is 1. The summed E-state index contributed by atoms with van der Waals surface area (Å²) < 4.78 is 2.30. The Morgan fingerprint density at radius 3 is 2.66 bits per heavy atom. The molecule has 0 saturated carbocycles. The summed E-state index contributed by atoms with van der Waals surface area (Å²) in [6.07, 6.45) is 3.25. The van der Waals surface area contributed by atoms with Crippen LogP contribution in [-0.4, -0.2) is 10.3 Å². The number of hydrogen-bond acceptors (Lipinski definition) is 4. The first-order valence-electron chi connectivity index (χ1n) is 11.6. The smallest absolute Gasteiger partial charge is 0.120 e. The van der Waals surface area contributed by atoms with Crippen LogP contribution >= 0.6 is 23.3 Å². The van der Waals surface area contributed by atoms with Gasteiger partial charge in [0.2, 0.25) is 0 Å². The molecule has 0 radical (unpaired) electrons. The van der Waals surface area contributed by atoms with E-state index in [9.17, 15) is 10.1 Å². The predicted molar refractivity (Wildman–Crippen MR) is 147 cm³/mol. The maximum absolute atomic E-state index is 10.8. The summed E-state index contributed by atoms with van der Waals surface area (Å²) >= 11 is 3.18. The Hall–Kier alpha value is -3.59. The molecule has 0 saturated heterocycles. The minimum atomic E-state index is 0.569. The highest BCUT2D eigenvalue weighted by Gasteiger charge is 2.23. The molecule has 2 aromatic heterocycles. The third-order valence-corrected chi connectivity index (χ3v) is 7.94. The van der Waals surface area contributed by atoms with Gasteiger partial charge in [-0.1, -0.05) is 54.1 Å². The van der Waals surface area contributed by atoms with Crippen LogP contribution < -0.4 is 0 Å². The van der Waals surface area contributed by atoms with Crippen LogP contribution in [0.15, 0.2) is 89.1 Å². The highest BCUT2D eigenvalue weighted by atomic mass is 32.2. The summed E-state index contributed by atoms with van der Waals surface area (Å²) in [4.78, 5) is 12.7. The van der Waals surface area contributed by atoms with Gasteiger partial charge in [-0.25, -0.2) is 0 Å². The zero-order chi connectivity index (χ0) is 24.2. The summed E-state index contributed by atoms with van der Waals surface area (Å²) in [5, 5.41) is 13.0. The summed E-state index contributed by atoms with van der Waals surface area (Å²) in [7, 11) is 0. The third-order valence-electron chi connectivity index (χ3n) is 6.07. The molecule has 3 aromatic carbocycles. The molecule has 0 atom stereocenters. The summed E-state index contributed by atoms with van der Waals surface area (Å²) in [5.74, 6) is 0. The highest BCUT2D eigenvalue weighted by Crippen LogP contribution is 2.46. The second kappa shape index (κ2) is 10.4. The van der Waals surface area contributed by atoms with Gasteiger partial charge in [-0.2, -0.15) is 5.26 Å². The molecule has 5 aromatic rings. The van der Waals surface area contributed by atoms with E-state index in [0.29, 0.717) is 6.42 Å². The molecule has 3 nitrogen and oxygen atoms in total. The minimum absolute atomic E-state index is 0.569. The molecule has 172 valence electrons. The Kier molecular flexibility index (Phi) is 6.85. The Balaban J connectivity index is 1.76. The Morgan fingerprint density at radius 2 is 1.86 bits per heavy atom. The van der Waals surface area contributed by atoms with Gasteiger partial charge in [-0.15, -0.1) is 11.3 Å². The lowest BCUT2D eigenvalue weighted by atomic mass is 9.97. The second-order valence-corrected chi connectivity index (χ2v) is 10.4. The number of nitriles is 1. The van der Waals surface area contributed by atoms with E-state index in [1.807, 2.05) is 5.38 Å². The first-order chi connectivity index (χ1) is 17.2. The van der Waals surface area contributed by atoms with E-state index in [1.165, 1.54) is 22.5 Å². The van der Waals surface area contributed by atoms with Gasteiger partial charge >= 0.3 is 0 Å². The van der Waals surface area contributed by atoms with Crippen molar-refractivity contribution < 1.29 is 4.79 Å². The molecule has 35 heavy (non-hydrogen) atoms. The lowest BCUT2D eigenvalue weighted by Gasteiger charge is -2.13. The van der Waals surface area contributed by atoms with E-state index in [0.717, 1.165) is 62.2 Å². The van der Waals surface area contributed by atoms with Crippen LogP contribution in [0.2, 0.25) is 0 Å². The van der Waals surface area contributed by atoms with E-state index < -0.39 is 0 Å². The summed E-state index contributed by atoms with van der Waals surface area (Å²) in [6, 6.07) is 30.0. The third kappa shape index (κ3) is 4.68. The zero-order valence-corrected chi connectivity index (χ0v) is 21.0. The van der Waals surface area contributed by atoms with Crippen LogP contribution in [0.3, 0.4) is 0 Å². The minimum Gasteiger partial charge on any atom is -0.303 e. The van der Waals surface area contributed by atoms with Crippen molar-refractivity contribution in [2.24, 2.45) is 0 Å². The van der Waals surface area contributed by atoms with E-state index in [1.54, 1.807) is 11.9 Å². The molecule has 5 heteroatoms. The van der Waals surface area contributed by atoms with Crippen molar-refractivity contribution in [2.75, 3.05) is 0 Å². The zero-order valence-electron chi connectivity index (χ0n) is 19.4. The number of aldehydes is 1. The Labute approximate surface area is 213 Å². The quantitative estimate of drug-likeness (QED) is 0.162. The normalized spacial score (nSPS) is 11.0. The molecule has 5 rings (SSSR count). The first-order valence-corrected chi connectivity index (χ1v) is 13.2. The van der Waals surface area contributed by atoms with E-state index in [4.69, 9.17) is 0 Å². The van der Waals surface area contributed by atoms with E-state index in [2.05, 4.69) is 95.8 Å². The lowest BCUT2D eigenvalue weighted by molar-refractivity contribution is -0.107. The largest absolute Gasteiger partial charge is 0.303 e. The van der Waals surface area contributed by atoms with Gasteiger partial charge in [0.15, 0.2) is 0 Å². The molecule has 0 aliphatic heterocycles. The van der Waals surface area contributed by atoms with Crippen molar-refractivity contribution in [1.82, 2.24) is 3.97 Å². The molecular weight excluding hydrogens is 468 g/mol. The lowest BCUT2D eigenvalue weighted by Crippen LogP contribution is -1.94. The number of nitrogens with zero attached hydrogens (tertiary/aromatic N) is 2. The van der Waals surface area contributed by atoms with Crippen molar-refractivity contribution >= 4 is 40.5 Å². The monoisotopic (exact) mass is 492 g/mol. The average Bonchev–Trinajstić information content (AvgIpc) is 3.48. The number of benzene rings is 3. The maximum atomic E-state index is 10.8. The standard InChI is InChI=1S/C30H24N2OS2/c1-21-12-14-24(15-13-21)35-32-27-11-3-2-10-25(27)29(26-16-18-34-28(26)20-31)30(32)23-9-6-8-22(19-23)7-4-5-17-33/h2-3,6,8-19H,4-5,7H2,1H3.